The van der Waals surface area contributed by atoms with Gasteiger partial charge in [-0.15, -0.1) is 0 Å². The predicted octanol–water partition coefficient (Wildman–Crippen LogP) is 2.20. The van der Waals surface area contributed by atoms with Gasteiger partial charge in [-0.05, 0) is 50.5 Å². The third-order valence-electron chi connectivity index (χ3n) is 4.01. The summed E-state index contributed by atoms with van der Waals surface area (Å²) < 4.78 is 31.4. The minimum Gasteiger partial charge on any atom is -0.353 e. The van der Waals surface area contributed by atoms with E-state index in [1.807, 2.05) is 26.2 Å². The number of likely N-dealkylation sites (N-methyl/N-ethyl adjacent to an activating group) is 1. The van der Waals surface area contributed by atoms with Gasteiger partial charge >= 0.3 is 0 Å². The Hall–Kier alpha value is -3.28. The Morgan fingerprint density at radius 2 is 1.83 bits per heavy atom. The maximum absolute atomic E-state index is 11.1. The molecule has 10 nitrogen and oxygen atoms in total. The summed E-state index contributed by atoms with van der Waals surface area (Å²) in [6.45, 7) is 1.50. The molecule has 0 aliphatic carbocycles. The summed E-state index contributed by atoms with van der Waals surface area (Å²) in [4.78, 5) is 15.0. The van der Waals surface area contributed by atoms with E-state index in [1.54, 1.807) is 18.5 Å². The van der Waals surface area contributed by atoms with E-state index < -0.39 is 10.1 Å². The fourth-order valence-corrected chi connectivity index (χ4v) is 2.97. The van der Waals surface area contributed by atoms with Crippen LogP contribution in [0.1, 0.15) is 0 Å². The summed E-state index contributed by atoms with van der Waals surface area (Å²) in [7, 11) is -0.260. The topological polar surface area (TPSA) is 132 Å². The highest BCUT2D eigenvalue weighted by Gasteiger charge is 2.09. The highest BCUT2D eigenvalue weighted by atomic mass is 32.2. The van der Waals surface area contributed by atoms with Crippen LogP contribution in [0.2, 0.25) is 0 Å². The lowest BCUT2D eigenvalue weighted by molar-refractivity contribution is 0.425. The number of aromatic nitrogens is 3. The number of hydrogen-bond donors (Lipinski definition) is 4. The molecule has 0 saturated carbocycles. The fourth-order valence-electron chi connectivity index (χ4n) is 2.49. The van der Waals surface area contributed by atoms with Crippen LogP contribution in [0.25, 0.3) is 11.3 Å². The summed E-state index contributed by atoms with van der Waals surface area (Å²) >= 11 is 0. The molecular formula is C19H23N7O3S. The van der Waals surface area contributed by atoms with Crippen LogP contribution in [0.5, 0.6) is 0 Å². The molecule has 2 heterocycles. The normalized spacial score (nSPS) is 11.3. The Bertz CT molecular complexity index is 1080. The zero-order chi connectivity index (χ0) is 21.6. The van der Waals surface area contributed by atoms with Crippen molar-refractivity contribution in [3.63, 3.8) is 0 Å². The van der Waals surface area contributed by atoms with Crippen LogP contribution in [-0.4, -0.2) is 60.0 Å². The zero-order valence-corrected chi connectivity index (χ0v) is 17.4. The van der Waals surface area contributed by atoms with Crippen LogP contribution in [0.15, 0.2) is 59.8 Å². The molecule has 0 radical (unpaired) electrons. The molecule has 0 unspecified atom stereocenters. The summed E-state index contributed by atoms with van der Waals surface area (Å²) in [5.41, 5.74) is 8.06. The van der Waals surface area contributed by atoms with Crippen LogP contribution in [0.4, 0.5) is 17.5 Å². The Kier molecular flexibility index (Phi) is 6.77. The maximum Gasteiger partial charge on any atom is 0.294 e. The smallest absolute Gasteiger partial charge is 0.294 e. The molecule has 30 heavy (non-hydrogen) atoms. The lowest BCUT2D eigenvalue weighted by Crippen LogP contribution is -2.22. The van der Waals surface area contributed by atoms with E-state index in [-0.39, 0.29) is 4.90 Å². The van der Waals surface area contributed by atoms with Gasteiger partial charge in [0.05, 0.1) is 16.3 Å². The highest BCUT2D eigenvalue weighted by Crippen LogP contribution is 2.21. The van der Waals surface area contributed by atoms with E-state index in [0.717, 1.165) is 12.1 Å². The minimum atomic E-state index is -4.23. The lowest BCUT2D eigenvalue weighted by Gasteiger charge is -2.14. The first kappa shape index (κ1) is 21.4. The Morgan fingerprint density at radius 3 is 2.47 bits per heavy atom. The molecule has 11 heteroatoms. The number of benzene rings is 1. The average molecular weight is 430 g/mol. The van der Waals surface area contributed by atoms with Crippen LogP contribution < -0.4 is 16.2 Å². The van der Waals surface area contributed by atoms with Gasteiger partial charge < -0.3 is 10.2 Å². The van der Waals surface area contributed by atoms with Gasteiger partial charge in [0.15, 0.2) is 5.82 Å². The first-order chi connectivity index (χ1) is 14.3. The SMILES string of the molecule is CN(C)CCNc1nc(NNc2ccc(S(=O)(=O)O)cc2)cc(-c2cccnc2)n1. The van der Waals surface area contributed by atoms with Crippen molar-refractivity contribution >= 4 is 27.6 Å². The average Bonchev–Trinajstić information content (AvgIpc) is 2.72. The molecule has 0 fully saturated rings. The molecule has 3 rings (SSSR count). The maximum atomic E-state index is 11.1. The van der Waals surface area contributed by atoms with Crippen molar-refractivity contribution in [2.75, 3.05) is 43.4 Å². The number of hydrazine groups is 1. The molecule has 1 aromatic carbocycles. The van der Waals surface area contributed by atoms with E-state index in [2.05, 4.69) is 36.0 Å². The van der Waals surface area contributed by atoms with Crippen molar-refractivity contribution in [3.8, 4) is 11.3 Å². The van der Waals surface area contributed by atoms with E-state index >= 15 is 0 Å². The van der Waals surface area contributed by atoms with Crippen molar-refractivity contribution in [1.82, 2.24) is 19.9 Å². The zero-order valence-electron chi connectivity index (χ0n) is 16.6. The number of rotatable bonds is 9. The summed E-state index contributed by atoms with van der Waals surface area (Å²) in [6, 6.07) is 11.2. The van der Waals surface area contributed by atoms with E-state index in [9.17, 15) is 8.42 Å². The number of hydrogen-bond acceptors (Lipinski definition) is 9. The van der Waals surface area contributed by atoms with E-state index in [0.29, 0.717) is 29.7 Å². The van der Waals surface area contributed by atoms with Crippen molar-refractivity contribution in [2.45, 2.75) is 4.90 Å². The Labute approximate surface area is 175 Å². The molecule has 3 aromatic rings. The first-order valence-electron chi connectivity index (χ1n) is 9.09. The summed E-state index contributed by atoms with van der Waals surface area (Å²) in [5, 5.41) is 3.20. The van der Waals surface area contributed by atoms with Gasteiger partial charge in [-0.2, -0.15) is 13.4 Å². The molecule has 0 atom stereocenters. The quantitative estimate of drug-likeness (QED) is 0.296. The summed E-state index contributed by atoms with van der Waals surface area (Å²) in [6.07, 6.45) is 3.41. The van der Waals surface area contributed by atoms with Crippen LogP contribution in [0.3, 0.4) is 0 Å². The van der Waals surface area contributed by atoms with Gasteiger partial charge in [0, 0.05) is 37.1 Å². The van der Waals surface area contributed by atoms with Gasteiger partial charge in [-0.1, -0.05) is 0 Å². The highest BCUT2D eigenvalue weighted by molar-refractivity contribution is 7.85. The molecule has 0 spiro atoms. The number of pyridine rings is 1. The van der Waals surface area contributed by atoms with Crippen molar-refractivity contribution in [3.05, 3.63) is 54.9 Å². The van der Waals surface area contributed by atoms with Crippen LogP contribution in [0, 0.1) is 0 Å². The fraction of sp³-hybridized carbons (Fsp3) is 0.211. The largest absolute Gasteiger partial charge is 0.353 e. The summed E-state index contributed by atoms with van der Waals surface area (Å²) in [5.74, 6) is 0.972. The third-order valence-corrected chi connectivity index (χ3v) is 4.88. The van der Waals surface area contributed by atoms with Crippen molar-refractivity contribution in [1.29, 1.82) is 0 Å². The van der Waals surface area contributed by atoms with Gasteiger partial charge in [0.2, 0.25) is 5.95 Å². The van der Waals surface area contributed by atoms with Gasteiger partial charge in [-0.3, -0.25) is 20.4 Å². The van der Waals surface area contributed by atoms with E-state index in [4.69, 9.17) is 4.55 Å². The molecule has 0 aliphatic rings. The first-order valence-corrected chi connectivity index (χ1v) is 10.5. The van der Waals surface area contributed by atoms with Crippen molar-refractivity contribution in [2.24, 2.45) is 0 Å². The van der Waals surface area contributed by atoms with E-state index in [1.165, 1.54) is 24.3 Å². The lowest BCUT2D eigenvalue weighted by atomic mass is 10.2. The van der Waals surface area contributed by atoms with Gasteiger partial charge in [-0.25, -0.2) is 4.98 Å². The Morgan fingerprint density at radius 1 is 1.07 bits per heavy atom. The molecule has 0 bridgehead atoms. The second-order valence-electron chi connectivity index (χ2n) is 6.68. The van der Waals surface area contributed by atoms with Gasteiger partial charge in [0.25, 0.3) is 10.1 Å². The third kappa shape index (κ3) is 6.11. The molecule has 4 N–H and O–H groups in total. The van der Waals surface area contributed by atoms with Crippen LogP contribution in [-0.2, 0) is 10.1 Å². The molecule has 0 aliphatic heterocycles. The molecule has 158 valence electrons. The molecular weight excluding hydrogens is 406 g/mol. The van der Waals surface area contributed by atoms with Gasteiger partial charge in [0.1, 0.15) is 0 Å². The number of nitrogens with zero attached hydrogens (tertiary/aromatic N) is 4. The monoisotopic (exact) mass is 429 g/mol. The van der Waals surface area contributed by atoms with Crippen molar-refractivity contribution < 1.29 is 13.0 Å². The second-order valence-corrected chi connectivity index (χ2v) is 8.10. The number of anilines is 3. The second kappa shape index (κ2) is 9.48. The Balaban J connectivity index is 1.78. The number of nitrogens with one attached hydrogen (secondary N) is 3. The molecule has 0 amide bonds. The molecule has 0 saturated heterocycles. The minimum absolute atomic E-state index is 0.179. The molecule has 2 aromatic heterocycles. The van der Waals surface area contributed by atoms with Crippen LogP contribution >= 0.6 is 0 Å². The standard InChI is InChI=1S/C19H23N7O3S/c1-26(2)11-10-21-19-22-17(14-4-3-9-20-13-14)12-18(23-19)25-24-15-5-7-16(8-6-15)30(27,28)29/h3-9,12-13,24H,10-11H2,1-2H3,(H,27,28,29)(H2,21,22,23,25). The predicted molar refractivity (Wildman–Crippen MR) is 116 cm³/mol.